The summed E-state index contributed by atoms with van der Waals surface area (Å²) in [6.45, 7) is 2.54. The number of nitrogens with zero attached hydrogens (tertiary/aromatic N) is 1. The van der Waals surface area contributed by atoms with Crippen molar-refractivity contribution in [3.63, 3.8) is 0 Å². The molecule has 0 saturated heterocycles. The lowest BCUT2D eigenvalue weighted by Gasteiger charge is -1.80. The average molecular weight is 201 g/mol. The van der Waals surface area contributed by atoms with Crippen molar-refractivity contribution in [1.82, 2.24) is 4.98 Å². The van der Waals surface area contributed by atoms with Crippen LogP contribution in [0.15, 0.2) is 5.38 Å². The van der Waals surface area contributed by atoms with Gasteiger partial charge in [0.05, 0.1) is 10.7 Å². The van der Waals surface area contributed by atoms with E-state index in [0.29, 0.717) is 6.54 Å². The minimum atomic E-state index is 0. The Morgan fingerprint density at radius 2 is 2.20 bits per heavy atom. The molecule has 1 heterocycles. The second kappa shape index (κ2) is 5.92. The first-order chi connectivity index (χ1) is 3.83. The third kappa shape index (κ3) is 3.37. The highest BCUT2D eigenvalue weighted by atomic mass is 35.5. The number of halogens is 2. The molecular formula is C5H10Cl2N2S. The first-order valence-corrected chi connectivity index (χ1v) is 3.32. The first-order valence-electron chi connectivity index (χ1n) is 2.44. The zero-order valence-electron chi connectivity index (χ0n) is 5.53. The fourth-order valence-corrected chi connectivity index (χ4v) is 1.13. The summed E-state index contributed by atoms with van der Waals surface area (Å²) in [7, 11) is 0. The molecule has 1 rings (SSSR count). The van der Waals surface area contributed by atoms with E-state index in [0.717, 1.165) is 10.7 Å². The highest BCUT2D eigenvalue weighted by Gasteiger charge is 1.91. The molecule has 0 radical (unpaired) electrons. The van der Waals surface area contributed by atoms with E-state index in [1.807, 2.05) is 12.3 Å². The minimum Gasteiger partial charge on any atom is -0.325 e. The summed E-state index contributed by atoms with van der Waals surface area (Å²) in [6, 6.07) is 0. The summed E-state index contributed by atoms with van der Waals surface area (Å²) in [5.41, 5.74) is 6.30. The van der Waals surface area contributed by atoms with Crippen LogP contribution in [0, 0.1) is 6.92 Å². The summed E-state index contributed by atoms with van der Waals surface area (Å²) in [5.74, 6) is 0. The Morgan fingerprint density at radius 1 is 1.60 bits per heavy atom. The van der Waals surface area contributed by atoms with Crippen molar-refractivity contribution in [3.8, 4) is 0 Å². The van der Waals surface area contributed by atoms with Crippen molar-refractivity contribution in [2.24, 2.45) is 5.73 Å². The van der Waals surface area contributed by atoms with Crippen molar-refractivity contribution in [2.75, 3.05) is 0 Å². The molecule has 0 aliphatic rings. The van der Waals surface area contributed by atoms with E-state index in [4.69, 9.17) is 5.73 Å². The molecule has 0 aliphatic heterocycles. The minimum absolute atomic E-state index is 0. The Balaban J connectivity index is 0. The number of aryl methyl sites for hydroxylation is 1. The molecule has 0 saturated carbocycles. The van der Waals surface area contributed by atoms with Gasteiger partial charge in [0.2, 0.25) is 0 Å². The predicted molar refractivity (Wildman–Crippen MR) is 49.2 cm³/mol. The standard InChI is InChI=1S/C5H8N2S.2ClH/c1-4-7-5(2-6)3-8-4;;/h3H,2,6H2,1H3;2*1H. The SMILES string of the molecule is Cc1nc(CN)cs1.Cl.Cl. The summed E-state index contributed by atoms with van der Waals surface area (Å²) in [5, 5.41) is 3.07. The van der Waals surface area contributed by atoms with Crippen molar-refractivity contribution in [2.45, 2.75) is 13.5 Å². The van der Waals surface area contributed by atoms with Gasteiger partial charge in [-0.15, -0.1) is 36.2 Å². The molecular weight excluding hydrogens is 191 g/mol. The van der Waals surface area contributed by atoms with Gasteiger partial charge in [-0.1, -0.05) is 0 Å². The Hall–Kier alpha value is 0.170. The highest BCUT2D eigenvalue weighted by molar-refractivity contribution is 7.09. The zero-order valence-corrected chi connectivity index (χ0v) is 7.98. The molecule has 0 fully saturated rings. The van der Waals surface area contributed by atoms with Gasteiger partial charge in [-0.25, -0.2) is 4.98 Å². The van der Waals surface area contributed by atoms with E-state index < -0.39 is 0 Å². The van der Waals surface area contributed by atoms with Crippen LogP contribution in [-0.4, -0.2) is 4.98 Å². The zero-order chi connectivity index (χ0) is 5.98. The number of hydrogen-bond donors (Lipinski definition) is 1. The number of hydrogen-bond acceptors (Lipinski definition) is 3. The van der Waals surface area contributed by atoms with E-state index in [-0.39, 0.29) is 24.8 Å². The Labute approximate surface area is 76.7 Å². The topological polar surface area (TPSA) is 38.9 Å². The predicted octanol–water partition coefficient (Wildman–Crippen LogP) is 1.75. The van der Waals surface area contributed by atoms with Gasteiger partial charge < -0.3 is 5.73 Å². The maximum atomic E-state index is 5.31. The van der Waals surface area contributed by atoms with Crippen LogP contribution in [0.5, 0.6) is 0 Å². The quantitative estimate of drug-likeness (QED) is 0.751. The lowest BCUT2D eigenvalue weighted by molar-refractivity contribution is 0.999. The van der Waals surface area contributed by atoms with Gasteiger partial charge >= 0.3 is 0 Å². The van der Waals surface area contributed by atoms with Gasteiger partial charge in [-0.2, -0.15) is 0 Å². The molecule has 0 unspecified atom stereocenters. The third-order valence-electron chi connectivity index (χ3n) is 0.876. The second-order valence-corrected chi connectivity index (χ2v) is 2.62. The number of aromatic nitrogens is 1. The Morgan fingerprint density at radius 3 is 2.40 bits per heavy atom. The lowest BCUT2D eigenvalue weighted by atomic mass is 10.5. The molecule has 10 heavy (non-hydrogen) atoms. The summed E-state index contributed by atoms with van der Waals surface area (Å²) in [4.78, 5) is 4.12. The van der Waals surface area contributed by atoms with Crippen LogP contribution in [0.1, 0.15) is 10.7 Å². The lowest BCUT2D eigenvalue weighted by Crippen LogP contribution is -1.95. The Bertz CT molecular complexity index is 178. The molecule has 0 aliphatic carbocycles. The Kier molecular flexibility index (Phi) is 7.58. The van der Waals surface area contributed by atoms with E-state index in [1.54, 1.807) is 11.3 Å². The summed E-state index contributed by atoms with van der Waals surface area (Å²) in [6.07, 6.45) is 0. The van der Waals surface area contributed by atoms with Gasteiger partial charge in [0.25, 0.3) is 0 Å². The molecule has 2 nitrogen and oxygen atoms in total. The normalized spacial score (nSPS) is 7.80. The molecule has 0 amide bonds. The van der Waals surface area contributed by atoms with Crippen LogP contribution in [0.3, 0.4) is 0 Å². The first kappa shape index (κ1) is 12.8. The van der Waals surface area contributed by atoms with Gasteiger partial charge in [0.1, 0.15) is 0 Å². The van der Waals surface area contributed by atoms with Crippen LogP contribution in [0.2, 0.25) is 0 Å². The summed E-state index contributed by atoms with van der Waals surface area (Å²) >= 11 is 1.64. The van der Waals surface area contributed by atoms with Crippen LogP contribution in [-0.2, 0) is 6.54 Å². The average Bonchev–Trinajstić information content (AvgIpc) is 2.14. The van der Waals surface area contributed by atoms with Crippen LogP contribution < -0.4 is 5.73 Å². The molecule has 60 valence electrons. The number of rotatable bonds is 1. The van der Waals surface area contributed by atoms with Gasteiger partial charge in [-0.05, 0) is 6.92 Å². The number of nitrogens with two attached hydrogens (primary N) is 1. The van der Waals surface area contributed by atoms with Crippen LogP contribution in [0.4, 0.5) is 0 Å². The molecule has 0 spiro atoms. The van der Waals surface area contributed by atoms with Crippen molar-refractivity contribution in [3.05, 3.63) is 16.1 Å². The maximum Gasteiger partial charge on any atom is 0.0897 e. The van der Waals surface area contributed by atoms with Crippen LogP contribution in [0.25, 0.3) is 0 Å². The fourth-order valence-electron chi connectivity index (χ4n) is 0.502. The molecule has 0 atom stereocenters. The van der Waals surface area contributed by atoms with E-state index in [2.05, 4.69) is 4.98 Å². The van der Waals surface area contributed by atoms with Crippen molar-refractivity contribution >= 4 is 36.2 Å². The van der Waals surface area contributed by atoms with Gasteiger partial charge in [0.15, 0.2) is 0 Å². The van der Waals surface area contributed by atoms with E-state index >= 15 is 0 Å². The highest BCUT2D eigenvalue weighted by Crippen LogP contribution is 2.05. The largest absolute Gasteiger partial charge is 0.325 e. The monoisotopic (exact) mass is 200 g/mol. The second-order valence-electron chi connectivity index (χ2n) is 1.56. The maximum absolute atomic E-state index is 5.31. The smallest absolute Gasteiger partial charge is 0.0897 e. The molecule has 0 bridgehead atoms. The van der Waals surface area contributed by atoms with Crippen LogP contribution >= 0.6 is 36.2 Å². The fraction of sp³-hybridized carbons (Fsp3) is 0.400. The van der Waals surface area contributed by atoms with Crippen molar-refractivity contribution < 1.29 is 0 Å². The molecule has 5 heteroatoms. The van der Waals surface area contributed by atoms with Gasteiger partial charge in [-0.3, -0.25) is 0 Å². The summed E-state index contributed by atoms with van der Waals surface area (Å²) < 4.78 is 0. The molecule has 0 aromatic carbocycles. The molecule has 1 aromatic rings. The number of thiazole rings is 1. The molecule has 2 N–H and O–H groups in total. The van der Waals surface area contributed by atoms with E-state index in [9.17, 15) is 0 Å². The third-order valence-corrected chi connectivity index (χ3v) is 1.70. The van der Waals surface area contributed by atoms with Gasteiger partial charge in [0, 0.05) is 11.9 Å². The van der Waals surface area contributed by atoms with Crippen molar-refractivity contribution in [1.29, 1.82) is 0 Å². The van der Waals surface area contributed by atoms with E-state index in [1.165, 1.54) is 0 Å². The molecule has 1 aromatic heterocycles.